The summed E-state index contributed by atoms with van der Waals surface area (Å²) in [5, 5.41) is 23.8. The van der Waals surface area contributed by atoms with Crippen LogP contribution in [0.25, 0.3) is 0 Å². The Morgan fingerprint density at radius 2 is 1.77 bits per heavy atom. The third kappa shape index (κ3) is 5.18. The van der Waals surface area contributed by atoms with Crippen LogP contribution in [0.4, 0.5) is 0 Å². The van der Waals surface area contributed by atoms with Gasteiger partial charge in [-0.2, -0.15) is 0 Å². The van der Waals surface area contributed by atoms with Crippen LogP contribution >= 0.6 is 11.6 Å². The maximum absolute atomic E-state index is 12.9. The van der Waals surface area contributed by atoms with Crippen molar-refractivity contribution >= 4 is 29.2 Å². The first-order valence-electron chi connectivity index (χ1n) is 9.48. The van der Waals surface area contributed by atoms with Crippen molar-refractivity contribution in [1.82, 2.24) is 15.5 Å². The van der Waals surface area contributed by atoms with E-state index in [1.165, 1.54) is 12.1 Å². The van der Waals surface area contributed by atoms with Crippen LogP contribution in [0.2, 0.25) is 5.02 Å². The minimum atomic E-state index is -0.995. The molecule has 4 N–H and O–H groups in total. The molecule has 1 aliphatic rings. The number of halogens is 1. The molecule has 0 atom stereocenters. The van der Waals surface area contributed by atoms with Crippen LogP contribution in [-0.4, -0.2) is 40.7 Å². The smallest absolute Gasteiger partial charge is 0.335 e. The number of benzene rings is 2. The molecule has 30 heavy (non-hydrogen) atoms. The molecule has 8 heteroatoms. The van der Waals surface area contributed by atoms with E-state index in [2.05, 4.69) is 10.6 Å². The largest absolute Gasteiger partial charge is 0.478 e. The zero-order valence-corrected chi connectivity index (χ0v) is 17.3. The number of aromatic carboxylic acids is 1. The Labute approximate surface area is 179 Å². The summed E-state index contributed by atoms with van der Waals surface area (Å²) in [4.78, 5) is 25.9. The van der Waals surface area contributed by atoms with Crippen molar-refractivity contribution in [2.24, 2.45) is 0 Å². The van der Waals surface area contributed by atoms with Gasteiger partial charge < -0.3 is 26.0 Å². The van der Waals surface area contributed by atoms with E-state index in [9.17, 15) is 9.59 Å². The second-order valence-corrected chi connectivity index (χ2v) is 7.44. The highest BCUT2D eigenvalue weighted by atomic mass is 35.5. The fourth-order valence-electron chi connectivity index (χ4n) is 3.24. The fourth-order valence-corrected chi connectivity index (χ4v) is 3.37. The van der Waals surface area contributed by atoms with E-state index in [4.69, 9.17) is 22.1 Å². The maximum atomic E-state index is 12.9. The van der Waals surface area contributed by atoms with Gasteiger partial charge in [0.05, 0.1) is 11.1 Å². The molecule has 1 saturated heterocycles. The Hall–Kier alpha value is -3.32. The quantitative estimate of drug-likeness (QED) is 0.402. The summed E-state index contributed by atoms with van der Waals surface area (Å²) in [5.41, 5.74) is 2.48. The number of hydrogen-bond donors (Lipinski definition) is 4. The fraction of sp³-hybridized carbons (Fsp3) is 0.227. The molecule has 0 unspecified atom stereocenters. The molecule has 7 nitrogen and oxygen atoms in total. The molecule has 1 aliphatic heterocycles. The number of carbonyl (C=O) groups excluding carboxylic acids is 1. The number of carboxylic acids is 1. The summed E-state index contributed by atoms with van der Waals surface area (Å²) in [6.07, 6.45) is 0. The minimum absolute atomic E-state index is 0.166. The highest BCUT2D eigenvalue weighted by molar-refractivity contribution is 6.30. The van der Waals surface area contributed by atoms with Gasteiger partial charge in [-0.15, -0.1) is 0 Å². The van der Waals surface area contributed by atoms with Gasteiger partial charge in [0.1, 0.15) is 5.82 Å². The van der Waals surface area contributed by atoms with Gasteiger partial charge >= 0.3 is 5.97 Å². The predicted molar refractivity (Wildman–Crippen MR) is 116 cm³/mol. The lowest BCUT2D eigenvalue weighted by molar-refractivity contribution is -0.117. The molecule has 0 spiro atoms. The summed E-state index contributed by atoms with van der Waals surface area (Å²) in [5.74, 6) is -0.711. The topological polar surface area (TPSA) is 106 Å². The normalized spacial score (nSPS) is 14.8. The minimum Gasteiger partial charge on any atom is -0.478 e. The number of nitrogens with zero attached hydrogens (tertiary/aromatic N) is 1. The van der Waals surface area contributed by atoms with E-state index in [-0.39, 0.29) is 23.7 Å². The highest BCUT2D eigenvalue weighted by Crippen LogP contribution is 2.19. The summed E-state index contributed by atoms with van der Waals surface area (Å²) < 4.78 is 0. The van der Waals surface area contributed by atoms with Crippen molar-refractivity contribution in [2.75, 3.05) is 13.1 Å². The Bertz CT molecular complexity index is 984. The predicted octanol–water partition coefficient (Wildman–Crippen LogP) is 3.01. The molecule has 1 fully saturated rings. The molecule has 0 radical (unpaired) electrons. The number of carbonyl (C=O) groups is 2. The number of amides is 1. The standard InChI is InChI=1S/C22H23ClN4O3/c1-14(24)19(21(28)26-12-15-2-6-17(7-3-15)22(29)30)20-25-10-11-27(20)13-16-4-8-18(23)9-5-16/h2-9,24-25H,10-13H2,1H3,(H,26,28)(H,29,30)/b20-19-,24-14?. The zero-order chi connectivity index (χ0) is 21.7. The molecule has 1 heterocycles. The summed E-state index contributed by atoms with van der Waals surface area (Å²) in [7, 11) is 0. The van der Waals surface area contributed by atoms with Gasteiger partial charge in [0.2, 0.25) is 0 Å². The van der Waals surface area contributed by atoms with Crippen LogP contribution in [0.1, 0.15) is 28.4 Å². The summed E-state index contributed by atoms with van der Waals surface area (Å²) in [6, 6.07) is 13.9. The lowest BCUT2D eigenvalue weighted by Gasteiger charge is -2.22. The Morgan fingerprint density at radius 1 is 1.13 bits per heavy atom. The zero-order valence-electron chi connectivity index (χ0n) is 16.5. The lowest BCUT2D eigenvalue weighted by atomic mass is 10.1. The van der Waals surface area contributed by atoms with Crippen molar-refractivity contribution in [3.63, 3.8) is 0 Å². The van der Waals surface area contributed by atoms with Gasteiger partial charge in [0.15, 0.2) is 0 Å². The van der Waals surface area contributed by atoms with Crippen LogP contribution < -0.4 is 10.6 Å². The molecule has 0 aliphatic carbocycles. The van der Waals surface area contributed by atoms with Crippen LogP contribution in [-0.2, 0) is 17.9 Å². The molecule has 3 rings (SSSR count). The van der Waals surface area contributed by atoms with Crippen molar-refractivity contribution in [1.29, 1.82) is 5.41 Å². The molecular weight excluding hydrogens is 404 g/mol. The first-order chi connectivity index (χ1) is 14.3. The molecule has 0 aromatic heterocycles. The van der Waals surface area contributed by atoms with E-state index >= 15 is 0 Å². The first kappa shape index (κ1) is 21.4. The number of hydrogen-bond acceptors (Lipinski definition) is 5. The average molecular weight is 427 g/mol. The van der Waals surface area contributed by atoms with Crippen LogP contribution in [0.5, 0.6) is 0 Å². The summed E-state index contributed by atoms with van der Waals surface area (Å²) in [6.45, 7) is 3.83. The van der Waals surface area contributed by atoms with Crippen molar-refractivity contribution in [3.8, 4) is 0 Å². The maximum Gasteiger partial charge on any atom is 0.335 e. The molecule has 156 valence electrons. The van der Waals surface area contributed by atoms with Crippen LogP contribution in [0, 0.1) is 5.41 Å². The summed E-state index contributed by atoms with van der Waals surface area (Å²) >= 11 is 5.95. The van der Waals surface area contributed by atoms with Gasteiger partial charge in [-0.3, -0.25) is 4.79 Å². The van der Waals surface area contributed by atoms with E-state index < -0.39 is 5.97 Å². The van der Waals surface area contributed by atoms with Crippen LogP contribution in [0.15, 0.2) is 59.9 Å². The molecular formula is C22H23ClN4O3. The molecule has 2 aromatic carbocycles. The molecule has 2 aromatic rings. The SMILES string of the molecule is CC(=N)/C(C(=O)NCc1ccc(C(=O)O)cc1)=C1\NCCN1Cc1ccc(Cl)cc1. The van der Waals surface area contributed by atoms with Crippen molar-refractivity contribution in [2.45, 2.75) is 20.0 Å². The van der Waals surface area contributed by atoms with Gasteiger partial charge in [-0.05, 0) is 42.3 Å². The Morgan fingerprint density at radius 3 is 2.37 bits per heavy atom. The van der Waals surface area contributed by atoms with Gasteiger partial charge in [0, 0.05) is 36.9 Å². The third-order valence-corrected chi connectivity index (χ3v) is 5.02. The molecule has 1 amide bonds. The Balaban J connectivity index is 1.74. The first-order valence-corrected chi connectivity index (χ1v) is 9.86. The second-order valence-electron chi connectivity index (χ2n) is 7.01. The van der Waals surface area contributed by atoms with E-state index in [0.29, 0.717) is 29.5 Å². The average Bonchev–Trinajstić information content (AvgIpc) is 3.16. The number of rotatable bonds is 7. The van der Waals surface area contributed by atoms with Crippen LogP contribution in [0.3, 0.4) is 0 Å². The second kappa shape index (κ2) is 9.45. The Kier molecular flexibility index (Phi) is 6.74. The van der Waals surface area contributed by atoms with E-state index in [1.807, 2.05) is 29.2 Å². The number of carboxylic acid groups (broad SMARTS) is 1. The van der Waals surface area contributed by atoms with E-state index in [1.54, 1.807) is 19.1 Å². The third-order valence-electron chi connectivity index (χ3n) is 4.77. The molecule has 0 saturated carbocycles. The lowest BCUT2D eigenvalue weighted by Crippen LogP contribution is -2.33. The molecule has 0 bridgehead atoms. The number of nitrogens with one attached hydrogen (secondary N) is 3. The van der Waals surface area contributed by atoms with Crippen molar-refractivity contribution < 1.29 is 14.7 Å². The van der Waals surface area contributed by atoms with E-state index in [0.717, 1.165) is 17.7 Å². The monoisotopic (exact) mass is 426 g/mol. The van der Waals surface area contributed by atoms with Crippen molar-refractivity contribution in [3.05, 3.63) is 81.6 Å². The van der Waals surface area contributed by atoms with Gasteiger partial charge in [-0.1, -0.05) is 35.9 Å². The van der Waals surface area contributed by atoms with Gasteiger partial charge in [0.25, 0.3) is 5.91 Å². The highest BCUT2D eigenvalue weighted by Gasteiger charge is 2.26. The van der Waals surface area contributed by atoms with Gasteiger partial charge in [-0.25, -0.2) is 4.79 Å².